The minimum atomic E-state index is -0.218. The lowest BCUT2D eigenvalue weighted by molar-refractivity contribution is 0.920. The Balaban J connectivity index is 2.96. The third kappa shape index (κ3) is 1.05. The fraction of sp³-hybridized carbons (Fsp3) is 0. The van der Waals surface area contributed by atoms with Crippen LogP contribution in [0.2, 0.25) is 5.02 Å². The summed E-state index contributed by atoms with van der Waals surface area (Å²) in [6, 6.07) is 0. The van der Waals surface area contributed by atoms with Crippen molar-refractivity contribution in [1.82, 2.24) is 14.6 Å². The van der Waals surface area contributed by atoms with Gasteiger partial charge in [-0.25, -0.2) is 9.50 Å². The molecule has 0 radical (unpaired) electrons. The van der Waals surface area contributed by atoms with Gasteiger partial charge in [0.25, 0.3) is 5.56 Å². The number of rotatable bonds is 0. The minimum absolute atomic E-state index is 0.218. The first-order chi connectivity index (χ1) is 5.68. The van der Waals surface area contributed by atoms with Gasteiger partial charge in [0.15, 0.2) is 5.65 Å². The number of halogens is 2. The van der Waals surface area contributed by atoms with E-state index in [1.807, 2.05) is 0 Å². The largest absolute Gasteiger partial charge is 0.281 e. The first-order valence-electron chi connectivity index (χ1n) is 3.10. The second-order valence-corrected chi connectivity index (χ2v) is 3.45. The molecule has 0 amide bonds. The van der Waals surface area contributed by atoms with Crippen LogP contribution < -0.4 is 5.56 Å². The van der Waals surface area contributed by atoms with Crippen LogP contribution in [0.3, 0.4) is 0 Å². The van der Waals surface area contributed by atoms with Gasteiger partial charge in [-0.15, -0.1) is 0 Å². The number of H-pyrrole nitrogens is 1. The van der Waals surface area contributed by atoms with E-state index in [4.69, 9.17) is 11.6 Å². The third-order valence-corrected chi connectivity index (χ3v) is 2.32. The first-order valence-corrected chi connectivity index (χ1v) is 4.27. The summed E-state index contributed by atoms with van der Waals surface area (Å²) in [6.45, 7) is 0. The van der Waals surface area contributed by atoms with Crippen LogP contribution in [-0.2, 0) is 0 Å². The number of hydrogen-bond donors (Lipinski definition) is 1. The lowest BCUT2D eigenvalue weighted by atomic mass is 10.6. The van der Waals surface area contributed by atoms with Crippen molar-refractivity contribution in [3.05, 3.63) is 32.2 Å². The number of aromatic nitrogens is 3. The Bertz CT molecular complexity index is 489. The molecule has 2 heterocycles. The Hall–Kier alpha value is -0.810. The molecular weight excluding hydrogens is 245 g/mol. The van der Waals surface area contributed by atoms with Crippen LogP contribution >= 0.6 is 27.5 Å². The zero-order valence-electron chi connectivity index (χ0n) is 5.71. The molecule has 0 aliphatic carbocycles. The quantitative estimate of drug-likeness (QED) is 0.767. The second-order valence-electron chi connectivity index (χ2n) is 2.22. The van der Waals surface area contributed by atoms with E-state index in [0.29, 0.717) is 15.1 Å². The Kier molecular flexibility index (Phi) is 1.69. The highest BCUT2D eigenvalue weighted by Gasteiger charge is 2.05. The fourth-order valence-electron chi connectivity index (χ4n) is 0.910. The summed E-state index contributed by atoms with van der Waals surface area (Å²) in [7, 11) is 0. The predicted octanol–water partition coefficient (Wildman–Crippen LogP) is 1.44. The highest BCUT2D eigenvalue weighted by atomic mass is 79.9. The number of fused-ring (bicyclic) bond motifs is 1. The van der Waals surface area contributed by atoms with E-state index in [1.54, 1.807) is 6.20 Å². The van der Waals surface area contributed by atoms with Crippen LogP contribution in [-0.4, -0.2) is 14.6 Å². The van der Waals surface area contributed by atoms with Crippen molar-refractivity contribution >= 4 is 33.2 Å². The summed E-state index contributed by atoms with van der Waals surface area (Å²) in [5.74, 6) is 0. The van der Waals surface area contributed by atoms with Crippen LogP contribution in [0.1, 0.15) is 0 Å². The maximum Gasteiger partial charge on any atom is 0.281 e. The molecule has 1 N–H and O–H groups in total. The standard InChI is InChI=1S/C6H3BrClN3O/c7-4-5-9-1-3(8)2-11(5)10-6(4)12/h1-2H,(H,10,12). The normalized spacial score (nSPS) is 10.8. The van der Waals surface area contributed by atoms with Crippen molar-refractivity contribution in [2.24, 2.45) is 0 Å². The molecule has 2 aromatic heterocycles. The maximum absolute atomic E-state index is 11.0. The molecule has 0 unspecified atom stereocenters. The SMILES string of the molecule is O=c1[nH]n2cc(Cl)cnc2c1Br. The van der Waals surface area contributed by atoms with Crippen LogP contribution in [0, 0.1) is 0 Å². The number of hydrogen-bond acceptors (Lipinski definition) is 2. The molecule has 2 rings (SSSR count). The fourth-order valence-corrected chi connectivity index (χ4v) is 1.44. The van der Waals surface area contributed by atoms with Crippen molar-refractivity contribution in [1.29, 1.82) is 0 Å². The van der Waals surface area contributed by atoms with Gasteiger partial charge in [-0.1, -0.05) is 11.6 Å². The second kappa shape index (κ2) is 2.60. The number of nitrogens with one attached hydrogen (secondary N) is 1. The molecule has 0 fully saturated rings. The third-order valence-electron chi connectivity index (χ3n) is 1.41. The van der Waals surface area contributed by atoms with E-state index in [-0.39, 0.29) is 5.56 Å². The smallest absolute Gasteiger partial charge is 0.267 e. The zero-order chi connectivity index (χ0) is 8.72. The van der Waals surface area contributed by atoms with E-state index in [1.165, 1.54) is 10.7 Å². The molecule has 0 spiro atoms. The molecule has 0 aliphatic rings. The van der Waals surface area contributed by atoms with Crippen molar-refractivity contribution < 1.29 is 0 Å². The summed E-state index contributed by atoms with van der Waals surface area (Å²) in [4.78, 5) is 15.0. The van der Waals surface area contributed by atoms with Gasteiger partial charge in [0.2, 0.25) is 0 Å². The molecule has 12 heavy (non-hydrogen) atoms. The molecule has 0 bridgehead atoms. The van der Waals surface area contributed by atoms with Crippen LogP contribution in [0.4, 0.5) is 0 Å². The van der Waals surface area contributed by atoms with Gasteiger partial charge >= 0.3 is 0 Å². The summed E-state index contributed by atoms with van der Waals surface area (Å²) < 4.78 is 1.88. The molecule has 62 valence electrons. The van der Waals surface area contributed by atoms with Gasteiger partial charge in [-0.3, -0.25) is 9.89 Å². The van der Waals surface area contributed by atoms with E-state index in [0.717, 1.165) is 0 Å². The van der Waals surface area contributed by atoms with Gasteiger partial charge in [-0.05, 0) is 15.9 Å². The predicted molar refractivity (Wildman–Crippen MR) is 48.5 cm³/mol. The lowest BCUT2D eigenvalue weighted by Crippen LogP contribution is -1.99. The van der Waals surface area contributed by atoms with E-state index < -0.39 is 0 Å². The zero-order valence-corrected chi connectivity index (χ0v) is 8.06. The van der Waals surface area contributed by atoms with Crippen LogP contribution in [0.5, 0.6) is 0 Å². The van der Waals surface area contributed by atoms with Crippen molar-refractivity contribution in [3.63, 3.8) is 0 Å². The van der Waals surface area contributed by atoms with Gasteiger partial charge in [-0.2, -0.15) is 0 Å². The Morgan fingerprint density at radius 3 is 3.17 bits per heavy atom. The first kappa shape index (κ1) is 7.82. The molecular formula is C6H3BrClN3O. The van der Waals surface area contributed by atoms with E-state index >= 15 is 0 Å². The average Bonchev–Trinajstić information content (AvgIpc) is 2.28. The van der Waals surface area contributed by atoms with Crippen LogP contribution in [0.15, 0.2) is 21.7 Å². The van der Waals surface area contributed by atoms with Crippen molar-refractivity contribution in [2.75, 3.05) is 0 Å². The monoisotopic (exact) mass is 247 g/mol. The molecule has 0 aromatic carbocycles. The van der Waals surface area contributed by atoms with Crippen LogP contribution in [0.25, 0.3) is 5.65 Å². The van der Waals surface area contributed by atoms with Crippen molar-refractivity contribution in [2.45, 2.75) is 0 Å². The Labute approximate surface area is 80.3 Å². The molecule has 2 aromatic rings. The highest BCUT2D eigenvalue weighted by Crippen LogP contribution is 2.12. The summed E-state index contributed by atoms with van der Waals surface area (Å²) in [5.41, 5.74) is 0.314. The van der Waals surface area contributed by atoms with Gasteiger partial charge in [0, 0.05) is 12.4 Å². The molecule has 0 atom stereocenters. The molecule has 0 aliphatic heterocycles. The molecule has 0 saturated heterocycles. The van der Waals surface area contributed by atoms with Gasteiger partial charge in [0.05, 0.1) is 5.02 Å². The average molecular weight is 248 g/mol. The molecule has 4 nitrogen and oxygen atoms in total. The van der Waals surface area contributed by atoms with E-state index in [2.05, 4.69) is 26.0 Å². The topological polar surface area (TPSA) is 50.2 Å². The highest BCUT2D eigenvalue weighted by molar-refractivity contribution is 9.10. The van der Waals surface area contributed by atoms with E-state index in [9.17, 15) is 4.79 Å². The summed E-state index contributed by atoms with van der Waals surface area (Å²) >= 11 is 8.76. The van der Waals surface area contributed by atoms with Crippen molar-refractivity contribution in [3.8, 4) is 0 Å². The lowest BCUT2D eigenvalue weighted by Gasteiger charge is -1.92. The molecule has 6 heteroatoms. The Morgan fingerprint density at radius 2 is 2.42 bits per heavy atom. The van der Waals surface area contributed by atoms with Gasteiger partial charge in [0.1, 0.15) is 4.47 Å². The Morgan fingerprint density at radius 1 is 1.67 bits per heavy atom. The maximum atomic E-state index is 11.0. The minimum Gasteiger partial charge on any atom is -0.267 e. The van der Waals surface area contributed by atoms with Gasteiger partial charge < -0.3 is 0 Å². The summed E-state index contributed by atoms with van der Waals surface area (Å²) in [6.07, 6.45) is 3.06. The molecule has 0 saturated carbocycles. The number of nitrogens with zero attached hydrogens (tertiary/aromatic N) is 2. The summed E-state index contributed by atoms with van der Waals surface area (Å²) in [5, 5.41) is 3.01. The number of aromatic amines is 1.